The van der Waals surface area contributed by atoms with Crippen molar-refractivity contribution >= 4 is 35.2 Å². The van der Waals surface area contributed by atoms with Crippen LogP contribution in [0.3, 0.4) is 0 Å². The average molecular weight is 400 g/mol. The molecule has 0 aliphatic carbocycles. The van der Waals surface area contributed by atoms with Gasteiger partial charge in [-0.05, 0) is 41.5 Å². The van der Waals surface area contributed by atoms with Crippen molar-refractivity contribution in [1.82, 2.24) is 0 Å². The molecule has 2 aromatic carbocycles. The Balaban J connectivity index is 2.44. The number of hydrogen-bond donors (Lipinski definition) is 1. The number of carboxylic acid groups (broad SMARTS) is 1. The smallest absolute Gasteiger partial charge is 0.399 e. The van der Waals surface area contributed by atoms with Gasteiger partial charge in [0.2, 0.25) is 0 Å². The summed E-state index contributed by atoms with van der Waals surface area (Å²) in [5.74, 6) is -3.26. The molecule has 0 saturated heterocycles. The zero-order valence-corrected chi connectivity index (χ0v) is 14.4. The third-order valence-electron chi connectivity index (χ3n) is 3.47. The Morgan fingerprint density at radius 1 is 1.15 bits per heavy atom. The van der Waals surface area contributed by atoms with E-state index in [0.717, 1.165) is 6.08 Å². The van der Waals surface area contributed by atoms with Crippen LogP contribution in [0.15, 0.2) is 42.5 Å². The molecule has 134 valence electrons. The first-order valence-electron chi connectivity index (χ1n) is 7.10. The lowest BCUT2D eigenvalue weighted by Gasteiger charge is -2.18. The first-order valence-corrected chi connectivity index (χ1v) is 7.85. The highest BCUT2D eigenvalue weighted by Crippen LogP contribution is 2.38. The van der Waals surface area contributed by atoms with E-state index in [9.17, 15) is 18.0 Å². The van der Waals surface area contributed by atoms with Gasteiger partial charge in [-0.2, -0.15) is 18.4 Å². The number of allylic oxidation sites excluding steroid dienone is 1. The summed E-state index contributed by atoms with van der Waals surface area (Å²) >= 11 is 11.6. The Hall–Kier alpha value is -2.49. The van der Waals surface area contributed by atoms with Crippen LogP contribution >= 0.6 is 23.2 Å². The molecule has 0 aliphatic rings. The Labute approximate surface area is 156 Å². The topological polar surface area (TPSA) is 61.1 Å². The van der Waals surface area contributed by atoms with E-state index in [1.165, 1.54) is 42.5 Å². The van der Waals surface area contributed by atoms with E-state index in [0.29, 0.717) is 0 Å². The number of halogens is 5. The maximum absolute atomic E-state index is 13.4. The second-order valence-corrected chi connectivity index (χ2v) is 6.18. The SMILES string of the molecule is N#Cc1cc(/C=C/C(c2cc(Cl)cc(Cl)c2)C(F)(F)F)ccc1C(=O)O. The van der Waals surface area contributed by atoms with Gasteiger partial charge in [0.1, 0.15) is 6.07 Å². The fourth-order valence-electron chi connectivity index (χ4n) is 2.32. The Morgan fingerprint density at radius 3 is 2.27 bits per heavy atom. The lowest BCUT2D eigenvalue weighted by atomic mass is 9.96. The van der Waals surface area contributed by atoms with E-state index in [-0.39, 0.29) is 32.3 Å². The first-order chi connectivity index (χ1) is 12.1. The van der Waals surface area contributed by atoms with Crippen LogP contribution in [0.4, 0.5) is 13.2 Å². The molecular formula is C18H10Cl2F3NO2. The lowest BCUT2D eigenvalue weighted by molar-refractivity contribution is -0.139. The number of benzene rings is 2. The summed E-state index contributed by atoms with van der Waals surface area (Å²) in [6.07, 6.45) is -2.53. The average Bonchev–Trinajstić information content (AvgIpc) is 2.52. The van der Waals surface area contributed by atoms with Crippen molar-refractivity contribution in [2.45, 2.75) is 12.1 Å². The van der Waals surface area contributed by atoms with Crippen molar-refractivity contribution in [2.24, 2.45) is 0 Å². The molecule has 0 bridgehead atoms. The van der Waals surface area contributed by atoms with Gasteiger partial charge in [-0.25, -0.2) is 4.79 Å². The molecule has 2 aromatic rings. The molecule has 0 aromatic heterocycles. The van der Waals surface area contributed by atoms with Gasteiger partial charge >= 0.3 is 12.1 Å². The minimum absolute atomic E-state index is 0.0766. The molecule has 0 aliphatic heterocycles. The molecule has 1 N–H and O–H groups in total. The molecular weight excluding hydrogens is 390 g/mol. The maximum Gasteiger partial charge on any atom is 0.399 e. The monoisotopic (exact) mass is 399 g/mol. The van der Waals surface area contributed by atoms with E-state index >= 15 is 0 Å². The van der Waals surface area contributed by atoms with Crippen molar-refractivity contribution in [2.75, 3.05) is 0 Å². The van der Waals surface area contributed by atoms with Crippen LogP contribution in [-0.2, 0) is 0 Å². The van der Waals surface area contributed by atoms with E-state index < -0.39 is 18.1 Å². The van der Waals surface area contributed by atoms with E-state index in [2.05, 4.69) is 0 Å². The number of carboxylic acids is 1. The Kier molecular flexibility index (Phi) is 5.96. The predicted octanol–water partition coefficient (Wildman–Crippen LogP) is 5.92. The van der Waals surface area contributed by atoms with Crippen LogP contribution < -0.4 is 0 Å². The minimum atomic E-state index is -4.59. The fourth-order valence-corrected chi connectivity index (χ4v) is 2.86. The maximum atomic E-state index is 13.4. The van der Waals surface area contributed by atoms with E-state index in [1.54, 1.807) is 6.07 Å². The van der Waals surface area contributed by atoms with Crippen molar-refractivity contribution in [1.29, 1.82) is 5.26 Å². The van der Waals surface area contributed by atoms with Crippen molar-refractivity contribution in [3.63, 3.8) is 0 Å². The second-order valence-electron chi connectivity index (χ2n) is 5.30. The van der Waals surface area contributed by atoms with Gasteiger partial charge in [0.05, 0.1) is 17.0 Å². The molecule has 8 heteroatoms. The van der Waals surface area contributed by atoms with Gasteiger partial charge in [0.15, 0.2) is 0 Å². The molecule has 3 nitrogen and oxygen atoms in total. The molecule has 26 heavy (non-hydrogen) atoms. The quantitative estimate of drug-likeness (QED) is 0.693. The minimum Gasteiger partial charge on any atom is -0.478 e. The summed E-state index contributed by atoms with van der Waals surface area (Å²) in [5.41, 5.74) is -0.240. The van der Waals surface area contributed by atoms with Gasteiger partial charge in [0, 0.05) is 10.0 Å². The molecule has 0 fully saturated rings. The highest BCUT2D eigenvalue weighted by atomic mass is 35.5. The summed E-state index contributed by atoms with van der Waals surface area (Å²) in [7, 11) is 0. The predicted molar refractivity (Wildman–Crippen MR) is 92.4 cm³/mol. The molecule has 2 rings (SSSR count). The molecule has 0 radical (unpaired) electrons. The van der Waals surface area contributed by atoms with Crippen LogP contribution in [0.5, 0.6) is 0 Å². The lowest BCUT2D eigenvalue weighted by Crippen LogP contribution is -2.18. The largest absolute Gasteiger partial charge is 0.478 e. The van der Waals surface area contributed by atoms with Crippen LogP contribution in [-0.4, -0.2) is 17.3 Å². The van der Waals surface area contributed by atoms with Crippen LogP contribution in [0.2, 0.25) is 10.0 Å². The van der Waals surface area contributed by atoms with Gasteiger partial charge in [-0.1, -0.05) is 41.4 Å². The second kappa shape index (κ2) is 7.81. The van der Waals surface area contributed by atoms with Crippen LogP contribution in [0.1, 0.15) is 33.0 Å². The Bertz CT molecular complexity index is 897. The van der Waals surface area contributed by atoms with Gasteiger partial charge < -0.3 is 5.11 Å². The van der Waals surface area contributed by atoms with E-state index in [1.807, 2.05) is 0 Å². The molecule has 0 heterocycles. The van der Waals surface area contributed by atoms with E-state index in [4.69, 9.17) is 33.6 Å². The van der Waals surface area contributed by atoms with Crippen molar-refractivity contribution in [3.05, 3.63) is 74.8 Å². The summed E-state index contributed by atoms with van der Waals surface area (Å²) in [4.78, 5) is 11.0. The molecule has 0 saturated carbocycles. The number of hydrogen-bond acceptors (Lipinski definition) is 2. The summed E-state index contributed by atoms with van der Waals surface area (Å²) in [6.45, 7) is 0. The van der Waals surface area contributed by atoms with Crippen LogP contribution in [0.25, 0.3) is 6.08 Å². The van der Waals surface area contributed by atoms with Gasteiger partial charge in [-0.3, -0.25) is 0 Å². The zero-order valence-electron chi connectivity index (χ0n) is 12.9. The number of nitriles is 1. The highest BCUT2D eigenvalue weighted by Gasteiger charge is 2.39. The molecule has 0 amide bonds. The first kappa shape index (κ1) is 19.8. The number of alkyl halides is 3. The number of carbonyl (C=O) groups is 1. The standard InChI is InChI=1S/C18H10Cl2F3NO2/c19-13-6-11(7-14(20)8-13)16(18(21,22)23)4-2-10-1-3-15(17(25)26)12(5-10)9-24/h1-8,16H,(H,25,26)/b4-2+. The van der Waals surface area contributed by atoms with Crippen molar-refractivity contribution < 1.29 is 23.1 Å². The third kappa shape index (κ3) is 4.78. The van der Waals surface area contributed by atoms with Crippen molar-refractivity contribution in [3.8, 4) is 6.07 Å². The number of nitrogens with zero attached hydrogens (tertiary/aromatic N) is 1. The molecule has 1 unspecified atom stereocenters. The third-order valence-corrected chi connectivity index (χ3v) is 3.91. The highest BCUT2D eigenvalue weighted by molar-refractivity contribution is 6.34. The normalized spacial score (nSPS) is 12.8. The van der Waals surface area contributed by atoms with Gasteiger partial charge in [-0.15, -0.1) is 0 Å². The number of aromatic carboxylic acids is 1. The number of rotatable bonds is 4. The summed E-state index contributed by atoms with van der Waals surface area (Å²) < 4.78 is 40.3. The summed E-state index contributed by atoms with van der Waals surface area (Å²) in [6, 6.07) is 9.07. The summed E-state index contributed by atoms with van der Waals surface area (Å²) in [5, 5.41) is 18.1. The molecule has 0 spiro atoms. The zero-order chi connectivity index (χ0) is 19.5. The fraction of sp³-hybridized carbons (Fsp3) is 0.111. The van der Waals surface area contributed by atoms with Gasteiger partial charge in [0.25, 0.3) is 0 Å². The molecule has 1 atom stereocenters. The Morgan fingerprint density at radius 2 is 1.77 bits per heavy atom. The van der Waals surface area contributed by atoms with Crippen LogP contribution in [0, 0.1) is 11.3 Å².